The molecule has 0 amide bonds. The molecule has 0 aliphatic carbocycles. The Labute approximate surface area is 218 Å². The number of nitriles is 1. The Kier molecular flexibility index (Phi) is 6.74. The molecule has 0 bridgehead atoms. The minimum Gasteiger partial charge on any atom is -0.497 e. The van der Waals surface area contributed by atoms with Crippen LogP contribution in [0.15, 0.2) is 115 Å². The first-order chi connectivity index (χ1) is 18.1. The van der Waals surface area contributed by atoms with Crippen molar-refractivity contribution in [2.45, 2.75) is 0 Å². The molecule has 0 N–H and O–H groups in total. The topological polar surface area (TPSA) is 36.3 Å². The number of anilines is 1. The average molecular weight is 481 g/mol. The lowest BCUT2D eigenvalue weighted by Crippen LogP contribution is -2.14. The van der Waals surface area contributed by atoms with Gasteiger partial charge in [0.15, 0.2) is 0 Å². The van der Waals surface area contributed by atoms with E-state index in [1.807, 2.05) is 68.7 Å². The molecule has 180 valence electrons. The van der Waals surface area contributed by atoms with Gasteiger partial charge >= 0.3 is 0 Å². The van der Waals surface area contributed by atoms with E-state index in [1.54, 1.807) is 7.11 Å². The first-order valence-electron chi connectivity index (χ1n) is 12.3. The molecule has 5 rings (SSSR count). The molecule has 0 heterocycles. The number of ether oxygens (including phenoxy) is 1. The Morgan fingerprint density at radius 2 is 0.946 bits per heavy atom. The van der Waals surface area contributed by atoms with Gasteiger partial charge in [-0.25, -0.2) is 0 Å². The molecule has 0 saturated carbocycles. The van der Waals surface area contributed by atoms with Crippen molar-refractivity contribution in [1.82, 2.24) is 0 Å². The standard InChI is InChI=1S/C34H28N2O/c1-36(2)34-29(23-35)30(24-13-7-4-8-14-24)31(25-15-9-5-10-16-25)32(27-19-21-28(37-3)22-20-27)33(34)26-17-11-6-12-18-26/h4-22H,1-3H3. The number of hydrogen-bond donors (Lipinski definition) is 0. The second-order valence-corrected chi connectivity index (χ2v) is 9.06. The summed E-state index contributed by atoms with van der Waals surface area (Å²) in [6, 6.07) is 41.8. The maximum atomic E-state index is 10.7. The van der Waals surface area contributed by atoms with Crippen molar-refractivity contribution < 1.29 is 4.74 Å². The highest BCUT2D eigenvalue weighted by Crippen LogP contribution is 2.52. The van der Waals surface area contributed by atoms with Crippen molar-refractivity contribution in [2.24, 2.45) is 0 Å². The Morgan fingerprint density at radius 3 is 1.38 bits per heavy atom. The quantitative estimate of drug-likeness (QED) is 0.245. The lowest BCUT2D eigenvalue weighted by molar-refractivity contribution is 0.415. The molecule has 0 fully saturated rings. The van der Waals surface area contributed by atoms with Crippen LogP contribution in [-0.2, 0) is 0 Å². The van der Waals surface area contributed by atoms with Crippen LogP contribution in [0, 0.1) is 11.3 Å². The zero-order chi connectivity index (χ0) is 25.8. The van der Waals surface area contributed by atoms with Gasteiger partial charge in [-0.05, 0) is 39.9 Å². The first-order valence-corrected chi connectivity index (χ1v) is 12.3. The monoisotopic (exact) mass is 480 g/mol. The number of benzene rings is 5. The largest absolute Gasteiger partial charge is 0.497 e. The molecule has 37 heavy (non-hydrogen) atoms. The van der Waals surface area contributed by atoms with E-state index in [4.69, 9.17) is 4.74 Å². The van der Waals surface area contributed by atoms with E-state index in [9.17, 15) is 5.26 Å². The van der Waals surface area contributed by atoms with Gasteiger partial charge in [-0.15, -0.1) is 0 Å². The Morgan fingerprint density at radius 1 is 0.541 bits per heavy atom. The van der Waals surface area contributed by atoms with E-state index in [2.05, 4.69) is 71.6 Å². The number of nitrogens with zero attached hydrogens (tertiary/aromatic N) is 2. The summed E-state index contributed by atoms with van der Waals surface area (Å²) in [5, 5.41) is 10.7. The predicted molar refractivity (Wildman–Crippen MR) is 154 cm³/mol. The second kappa shape index (κ2) is 10.4. The van der Waals surface area contributed by atoms with Crippen molar-refractivity contribution in [3.63, 3.8) is 0 Å². The zero-order valence-electron chi connectivity index (χ0n) is 21.3. The average Bonchev–Trinajstić information content (AvgIpc) is 2.97. The highest BCUT2D eigenvalue weighted by molar-refractivity contribution is 6.09. The number of rotatable bonds is 6. The molecule has 3 nitrogen and oxygen atoms in total. The number of methoxy groups -OCH3 is 1. The third-order valence-corrected chi connectivity index (χ3v) is 6.60. The van der Waals surface area contributed by atoms with Gasteiger partial charge in [0.1, 0.15) is 11.8 Å². The van der Waals surface area contributed by atoms with E-state index >= 15 is 0 Å². The molecule has 0 saturated heterocycles. The van der Waals surface area contributed by atoms with E-state index in [0.717, 1.165) is 55.9 Å². The van der Waals surface area contributed by atoms with Gasteiger partial charge < -0.3 is 9.64 Å². The van der Waals surface area contributed by atoms with Crippen LogP contribution >= 0.6 is 0 Å². The summed E-state index contributed by atoms with van der Waals surface area (Å²) < 4.78 is 5.48. The van der Waals surface area contributed by atoms with E-state index in [0.29, 0.717) is 5.56 Å². The van der Waals surface area contributed by atoms with E-state index < -0.39 is 0 Å². The van der Waals surface area contributed by atoms with Crippen LogP contribution in [0.1, 0.15) is 5.56 Å². The lowest BCUT2D eigenvalue weighted by Gasteiger charge is -2.28. The maximum Gasteiger partial charge on any atom is 0.118 e. The summed E-state index contributed by atoms with van der Waals surface area (Å²) in [6.07, 6.45) is 0. The third-order valence-electron chi connectivity index (χ3n) is 6.60. The van der Waals surface area contributed by atoms with Gasteiger partial charge in [-0.1, -0.05) is 103 Å². The first kappa shape index (κ1) is 23.9. The Bertz CT molecular complexity index is 1550. The SMILES string of the molecule is COc1ccc(-c2c(-c3ccccc3)c(-c3ccccc3)c(C#N)c(N(C)C)c2-c2ccccc2)cc1. The van der Waals surface area contributed by atoms with Gasteiger partial charge in [0.2, 0.25) is 0 Å². The maximum absolute atomic E-state index is 10.7. The molecular formula is C34H28N2O. The molecule has 0 radical (unpaired) electrons. The smallest absolute Gasteiger partial charge is 0.118 e. The van der Waals surface area contributed by atoms with Crippen molar-refractivity contribution in [3.8, 4) is 56.3 Å². The molecule has 0 aromatic heterocycles. The third kappa shape index (κ3) is 4.46. The second-order valence-electron chi connectivity index (χ2n) is 9.06. The molecule has 3 heteroatoms. The van der Waals surface area contributed by atoms with Crippen LogP contribution in [0.25, 0.3) is 44.5 Å². The van der Waals surface area contributed by atoms with E-state index in [-0.39, 0.29) is 0 Å². The summed E-state index contributed by atoms with van der Waals surface area (Å²) in [6.45, 7) is 0. The van der Waals surface area contributed by atoms with Crippen molar-refractivity contribution in [1.29, 1.82) is 5.26 Å². The molecule has 5 aromatic carbocycles. The lowest BCUT2D eigenvalue weighted by atomic mass is 9.79. The minimum atomic E-state index is 0.658. The van der Waals surface area contributed by atoms with E-state index in [1.165, 1.54) is 0 Å². The summed E-state index contributed by atoms with van der Waals surface area (Å²) in [7, 11) is 5.70. The van der Waals surface area contributed by atoms with Crippen LogP contribution in [-0.4, -0.2) is 21.2 Å². The Balaban J connectivity index is 2.06. The molecular weight excluding hydrogens is 452 g/mol. The number of hydrogen-bond acceptors (Lipinski definition) is 3. The molecule has 0 aliphatic rings. The van der Waals surface area contributed by atoms with Crippen LogP contribution in [0.5, 0.6) is 5.75 Å². The fourth-order valence-corrected chi connectivity index (χ4v) is 5.01. The van der Waals surface area contributed by atoms with Gasteiger partial charge in [-0.3, -0.25) is 0 Å². The molecule has 0 unspecified atom stereocenters. The normalized spacial score (nSPS) is 10.5. The van der Waals surface area contributed by atoms with Crippen LogP contribution in [0.3, 0.4) is 0 Å². The van der Waals surface area contributed by atoms with Crippen molar-refractivity contribution in [2.75, 3.05) is 26.1 Å². The molecule has 0 atom stereocenters. The van der Waals surface area contributed by atoms with Crippen LogP contribution in [0.2, 0.25) is 0 Å². The van der Waals surface area contributed by atoms with Gasteiger partial charge in [0.25, 0.3) is 0 Å². The summed E-state index contributed by atoms with van der Waals surface area (Å²) in [4.78, 5) is 2.06. The summed E-state index contributed by atoms with van der Waals surface area (Å²) in [5.41, 5.74) is 9.84. The van der Waals surface area contributed by atoms with Crippen molar-refractivity contribution in [3.05, 3.63) is 121 Å². The van der Waals surface area contributed by atoms with Gasteiger partial charge in [-0.2, -0.15) is 5.26 Å². The summed E-state index contributed by atoms with van der Waals surface area (Å²) in [5.74, 6) is 0.802. The minimum absolute atomic E-state index is 0.658. The Hall–Kier alpha value is -4.81. The fraction of sp³-hybridized carbons (Fsp3) is 0.0882. The zero-order valence-corrected chi connectivity index (χ0v) is 21.3. The van der Waals surface area contributed by atoms with Gasteiger partial charge in [0, 0.05) is 30.8 Å². The fourth-order valence-electron chi connectivity index (χ4n) is 5.01. The van der Waals surface area contributed by atoms with Crippen LogP contribution in [0.4, 0.5) is 5.69 Å². The molecule has 0 aliphatic heterocycles. The predicted octanol–water partition coefficient (Wildman–Crippen LogP) is 8.30. The molecule has 0 spiro atoms. The van der Waals surface area contributed by atoms with Gasteiger partial charge in [0.05, 0.1) is 18.4 Å². The highest BCUT2D eigenvalue weighted by Gasteiger charge is 2.28. The van der Waals surface area contributed by atoms with Crippen LogP contribution < -0.4 is 9.64 Å². The molecule has 5 aromatic rings. The van der Waals surface area contributed by atoms with Crippen molar-refractivity contribution >= 4 is 5.69 Å². The highest BCUT2D eigenvalue weighted by atomic mass is 16.5. The summed E-state index contributed by atoms with van der Waals surface area (Å²) >= 11 is 0.